The lowest BCUT2D eigenvalue weighted by Crippen LogP contribution is -1.82. The molecule has 2 aromatic rings. The third kappa shape index (κ3) is 2.61. The molecular weight excluding hydrogens is 222 g/mol. The van der Waals surface area contributed by atoms with E-state index in [2.05, 4.69) is 21.7 Å². The van der Waals surface area contributed by atoms with Gasteiger partial charge in [0.25, 0.3) is 0 Å². The molecule has 2 aromatic carbocycles. The summed E-state index contributed by atoms with van der Waals surface area (Å²) in [5.74, 6) is 0. The first-order chi connectivity index (χ1) is 7.90. The molecule has 0 aromatic heterocycles. The molecule has 0 spiro atoms. The zero-order valence-electron chi connectivity index (χ0n) is 8.51. The molecule has 0 saturated heterocycles. The van der Waals surface area contributed by atoms with Gasteiger partial charge in [-0.15, -0.1) is 0 Å². The minimum atomic E-state index is 0.945. The summed E-state index contributed by atoms with van der Waals surface area (Å²) in [5.41, 5.74) is 3.31. The quantitative estimate of drug-likeness (QED) is 0.581. The van der Waals surface area contributed by atoms with Crippen LogP contribution in [-0.2, 0) is 4.39 Å². The predicted octanol–water partition coefficient (Wildman–Crippen LogP) is 3.86. The van der Waals surface area contributed by atoms with E-state index < -0.39 is 0 Å². The SMILES string of the molecule is ClON=Cc1ccc(-c2ccccc2)cc1. The second-order valence-electron chi connectivity index (χ2n) is 3.29. The molecule has 0 aliphatic carbocycles. The molecule has 0 saturated carbocycles. The molecule has 0 bridgehead atoms. The topological polar surface area (TPSA) is 21.6 Å². The van der Waals surface area contributed by atoms with Gasteiger partial charge >= 0.3 is 0 Å². The summed E-state index contributed by atoms with van der Waals surface area (Å²) in [6.45, 7) is 0. The van der Waals surface area contributed by atoms with Gasteiger partial charge in [0.15, 0.2) is 11.9 Å². The fourth-order valence-corrected chi connectivity index (χ4v) is 1.51. The van der Waals surface area contributed by atoms with Crippen LogP contribution < -0.4 is 0 Å². The van der Waals surface area contributed by atoms with Gasteiger partial charge in [0.1, 0.15) is 0 Å². The summed E-state index contributed by atoms with van der Waals surface area (Å²) in [6.07, 6.45) is 1.56. The first-order valence-electron chi connectivity index (χ1n) is 4.87. The van der Waals surface area contributed by atoms with Crippen molar-refractivity contribution in [3.05, 3.63) is 60.2 Å². The second-order valence-corrected chi connectivity index (χ2v) is 3.43. The molecule has 2 nitrogen and oxygen atoms in total. The van der Waals surface area contributed by atoms with Crippen LogP contribution in [0.4, 0.5) is 0 Å². The largest absolute Gasteiger partial charge is 0.277 e. The molecule has 0 amide bonds. The third-order valence-corrected chi connectivity index (χ3v) is 2.34. The Kier molecular flexibility index (Phi) is 3.57. The first kappa shape index (κ1) is 10.7. The molecule has 0 unspecified atom stereocenters. The number of benzene rings is 2. The normalized spacial score (nSPS) is 10.6. The highest BCUT2D eigenvalue weighted by atomic mass is 35.5. The summed E-state index contributed by atoms with van der Waals surface area (Å²) >= 11 is 4.98. The van der Waals surface area contributed by atoms with Crippen LogP contribution in [0.2, 0.25) is 0 Å². The van der Waals surface area contributed by atoms with Crippen molar-refractivity contribution in [1.82, 2.24) is 0 Å². The highest BCUT2D eigenvalue weighted by Crippen LogP contribution is 2.18. The molecule has 2 rings (SSSR count). The molecule has 0 aliphatic rings. The minimum Gasteiger partial charge on any atom is -0.277 e. The van der Waals surface area contributed by atoms with Crippen LogP contribution >= 0.6 is 11.9 Å². The van der Waals surface area contributed by atoms with Gasteiger partial charge in [-0.1, -0.05) is 59.8 Å². The molecular formula is C13H10ClNO. The summed E-state index contributed by atoms with van der Waals surface area (Å²) in [7, 11) is 0. The van der Waals surface area contributed by atoms with Gasteiger partial charge in [-0.3, -0.25) is 4.39 Å². The maximum Gasteiger partial charge on any atom is 0.167 e. The molecule has 0 N–H and O–H groups in total. The monoisotopic (exact) mass is 231 g/mol. The summed E-state index contributed by atoms with van der Waals surface area (Å²) in [5, 5.41) is 3.48. The average Bonchev–Trinajstić information content (AvgIpc) is 2.38. The lowest BCUT2D eigenvalue weighted by Gasteiger charge is -2.01. The smallest absolute Gasteiger partial charge is 0.167 e. The van der Waals surface area contributed by atoms with Crippen molar-refractivity contribution in [2.45, 2.75) is 0 Å². The van der Waals surface area contributed by atoms with Gasteiger partial charge in [-0.25, -0.2) is 0 Å². The van der Waals surface area contributed by atoms with E-state index in [1.165, 1.54) is 11.1 Å². The molecule has 0 aliphatic heterocycles. The van der Waals surface area contributed by atoms with Crippen molar-refractivity contribution in [3.63, 3.8) is 0 Å². The number of hydrogen-bond donors (Lipinski definition) is 0. The van der Waals surface area contributed by atoms with Gasteiger partial charge in [-0.05, 0) is 16.7 Å². The summed E-state index contributed by atoms with van der Waals surface area (Å²) < 4.78 is 4.10. The zero-order chi connectivity index (χ0) is 11.2. The third-order valence-electron chi connectivity index (χ3n) is 2.26. The van der Waals surface area contributed by atoms with Crippen LogP contribution in [0.15, 0.2) is 59.8 Å². The average molecular weight is 232 g/mol. The zero-order valence-corrected chi connectivity index (χ0v) is 9.26. The molecule has 0 atom stereocenters. The van der Waals surface area contributed by atoms with E-state index in [-0.39, 0.29) is 0 Å². The lowest BCUT2D eigenvalue weighted by molar-refractivity contribution is 0.383. The van der Waals surface area contributed by atoms with Crippen molar-refractivity contribution in [3.8, 4) is 11.1 Å². The van der Waals surface area contributed by atoms with E-state index in [4.69, 9.17) is 11.9 Å². The van der Waals surface area contributed by atoms with Crippen molar-refractivity contribution < 1.29 is 4.39 Å². The van der Waals surface area contributed by atoms with Crippen LogP contribution in [0, 0.1) is 0 Å². The van der Waals surface area contributed by atoms with E-state index in [0.29, 0.717) is 0 Å². The molecule has 3 heteroatoms. The van der Waals surface area contributed by atoms with E-state index in [9.17, 15) is 0 Å². The first-order valence-corrected chi connectivity index (χ1v) is 5.17. The Bertz CT molecular complexity index is 465. The minimum absolute atomic E-state index is 0.945. The Balaban J connectivity index is 2.23. The fourth-order valence-electron chi connectivity index (χ4n) is 1.47. The number of halogens is 1. The van der Waals surface area contributed by atoms with E-state index in [1.54, 1.807) is 6.21 Å². The lowest BCUT2D eigenvalue weighted by atomic mass is 10.0. The van der Waals surface area contributed by atoms with Crippen molar-refractivity contribution >= 4 is 18.1 Å². The Labute approximate surface area is 99.3 Å². The van der Waals surface area contributed by atoms with Crippen LogP contribution in [0.5, 0.6) is 0 Å². The Morgan fingerprint density at radius 1 is 0.875 bits per heavy atom. The van der Waals surface area contributed by atoms with Gasteiger partial charge in [0.2, 0.25) is 0 Å². The van der Waals surface area contributed by atoms with Crippen molar-refractivity contribution in [1.29, 1.82) is 0 Å². The fraction of sp³-hybridized carbons (Fsp3) is 0. The Morgan fingerprint density at radius 2 is 1.50 bits per heavy atom. The van der Waals surface area contributed by atoms with E-state index in [0.717, 1.165) is 5.56 Å². The van der Waals surface area contributed by atoms with Gasteiger partial charge < -0.3 is 0 Å². The molecule has 80 valence electrons. The van der Waals surface area contributed by atoms with Gasteiger partial charge in [0, 0.05) is 0 Å². The van der Waals surface area contributed by atoms with Crippen LogP contribution in [0.3, 0.4) is 0 Å². The number of hydrogen-bond acceptors (Lipinski definition) is 2. The number of nitrogens with zero attached hydrogens (tertiary/aromatic N) is 1. The standard InChI is InChI=1S/C13H10ClNO/c14-16-15-10-11-6-8-13(9-7-11)12-4-2-1-3-5-12/h1-10H. The highest BCUT2D eigenvalue weighted by molar-refractivity contribution is 6.07. The van der Waals surface area contributed by atoms with Crippen LogP contribution in [0.25, 0.3) is 11.1 Å². The molecule has 0 fully saturated rings. The summed E-state index contributed by atoms with van der Waals surface area (Å²) in [6, 6.07) is 18.2. The maximum absolute atomic E-state index is 4.98. The maximum atomic E-state index is 4.98. The Hall–Kier alpha value is -1.80. The highest BCUT2D eigenvalue weighted by Gasteiger charge is 1.95. The Morgan fingerprint density at radius 3 is 2.12 bits per heavy atom. The van der Waals surface area contributed by atoms with Crippen molar-refractivity contribution in [2.75, 3.05) is 0 Å². The van der Waals surface area contributed by atoms with E-state index >= 15 is 0 Å². The van der Waals surface area contributed by atoms with Crippen molar-refractivity contribution in [2.24, 2.45) is 5.16 Å². The summed E-state index contributed by atoms with van der Waals surface area (Å²) in [4.78, 5) is 0. The molecule has 0 heterocycles. The second kappa shape index (κ2) is 5.33. The van der Waals surface area contributed by atoms with E-state index in [1.807, 2.05) is 42.5 Å². The number of oxime groups is 1. The van der Waals surface area contributed by atoms with Crippen LogP contribution in [0.1, 0.15) is 5.56 Å². The predicted molar refractivity (Wildman–Crippen MR) is 66.4 cm³/mol. The van der Waals surface area contributed by atoms with Crippen LogP contribution in [-0.4, -0.2) is 6.21 Å². The van der Waals surface area contributed by atoms with Gasteiger partial charge in [-0.2, -0.15) is 0 Å². The molecule has 16 heavy (non-hydrogen) atoms. The molecule has 0 radical (unpaired) electrons. The number of rotatable bonds is 3. The van der Waals surface area contributed by atoms with Gasteiger partial charge in [0.05, 0.1) is 6.21 Å².